The summed E-state index contributed by atoms with van der Waals surface area (Å²) >= 11 is 1.39. The highest BCUT2D eigenvalue weighted by Gasteiger charge is 2.31. The Morgan fingerprint density at radius 3 is 2.53 bits per heavy atom. The van der Waals surface area contributed by atoms with Gasteiger partial charge in [0.15, 0.2) is 5.16 Å². The van der Waals surface area contributed by atoms with Gasteiger partial charge in [0.2, 0.25) is 17.6 Å². The molecule has 1 saturated heterocycles. The molecule has 2 aliphatic heterocycles. The Hall–Kier alpha value is -3.33. The Morgan fingerprint density at radius 1 is 0.971 bits per heavy atom. The first-order chi connectivity index (χ1) is 16.6. The van der Waals surface area contributed by atoms with Crippen molar-refractivity contribution in [3.8, 4) is 0 Å². The zero-order valence-corrected chi connectivity index (χ0v) is 19.9. The molecule has 2 amide bonds. The number of carbonyl (C=O) groups excluding carboxylic acids is 2. The van der Waals surface area contributed by atoms with E-state index in [1.165, 1.54) is 17.3 Å². The van der Waals surface area contributed by atoms with Crippen LogP contribution in [0, 0.1) is 0 Å². The van der Waals surface area contributed by atoms with Crippen LogP contribution in [0.4, 0.5) is 5.69 Å². The number of anilines is 1. The van der Waals surface area contributed by atoms with Crippen LogP contribution in [-0.2, 0) is 22.6 Å². The molecule has 2 aliphatic rings. The number of imidazole rings is 1. The first-order valence-electron chi connectivity index (χ1n) is 11.7. The highest BCUT2D eigenvalue weighted by atomic mass is 32.2. The summed E-state index contributed by atoms with van der Waals surface area (Å²) in [6.45, 7) is 3.97. The highest BCUT2D eigenvalue weighted by Crippen LogP contribution is 2.33. The molecule has 34 heavy (non-hydrogen) atoms. The summed E-state index contributed by atoms with van der Waals surface area (Å²) in [6, 6.07) is 16.2. The van der Waals surface area contributed by atoms with Crippen LogP contribution in [0.25, 0.3) is 16.8 Å². The number of benzene rings is 2. The van der Waals surface area contributed by atoms with Gasteiger partial charge in [-0.1, -0.05) is 42.1 Å². The predicted octanol–water partition coefficient (Wildman–Crippen LogP) is 3.38. The quantitative estimate of drug-likeness (QED) is 0.415. The number of rotatable bonds is 5. The number of fused-ring (bicyclic) bond motifs is 4. The van der Waals surface area contributed by atoms with Crippen molar-refractivity contribution in [3.63, 3.8) is 0 Å². The standard InChI is InChI=1S/C25H26N6O2S/c1-17-14-18-8-2-3-9-19(18)30(17)23(33)16-34-25-27-26-24-29(15-22(32)28-12-6-7-13-28)20-10-4-5-11-21(20)31(24)25/h2-5,8-11,17H,6-7,12-16H2,1H3/t17-/m1/s1. The summed E-state index contributed by atoms with van der Waals surface area (Å²) in [5.74, 6) is 1.07. The molecule has 6 rings (SSSR count). The topological polar surface area (TPSA) is 75.7 Å². The minimum Gasteiger partial charge on any atom is -0.341 e. The van der Waals surface area contributed by atoms with Crippen LogP contribution in [0.3, 0.4) is 0 Å². The van der Waals surface area contributed by atoms with Gasteiger partial charge in [-0.05, 0) is 49.9 Å². The second-order valence-electron chi connectivity index (χ2n) is 9.02. The van der Waals surface area contributed by atoms with Crippen molar-refractivity contribution in [3.05, 3.63) is 54.1 Å². The van der Waals surface area contributed by atoms with Crippen molar-refractivity contribution < 1.29 is 9.59 Å². The summed E-state index contributed by atoms with van der Waals surface area (Å²) in [5.41, 5.74) is 4.09. The second kappa shape index (κ2) is 8.47. The molecule has 0 saturated carbocycles. The normalized spacial score (nSPS) is 17.7. The van der Waals surface area contributed by atoms with E-state index >= 15 is 0 Å². The average molecular weight is 475 g/mol. The molecule has 0 N–H and O–H groups in total. The van der Waals surface area contributed by atoms with E-state index < -0.39 is 0 Å². The third kappa shape index (κ3) is 3.46. The smallest absolute Gasteiger partial charge is 0.242 e. The summed E-state index contributed by atoms with van der Waals surface area (Å²) in [4.78, 5) is 29.9. The van der Waals surface area contributed by atoms with Gasteiger partial charge in [0.25, 0.3) is 0 Å². The van der Waals surface area contributed by atoms with Gasteiger partial charge < -0.3 is 9.80 Å². The third-order valence-corrected chi connectivity index (χ3v) is 7.74. The molecule has 0 aliphatic carbocycles. The molecule has 2 aromatic heterocycles. The lowest BCUT2D eigenvalue weighted by Gasteiger charge is -2.22. The molecule has 4 aromatic rings. The number of likely N-dealkylation sites (tertiary alicyclic amines) is 1. The SMILES string of the molecule is C[C@@H]1Cc2ccccc2N1C(=O)CSc1nnc2n(CC(=O)N3CCCC3)c3ccccc3n12. The summed E-state index contributed by atoms with van der Waals surface area (Å²) < 4.78 is 3.90. The number of amides is 2. The van der Waals surface area contributed by atoms with E-state index in [-0.39, 0.29) is 30.2 Å². The van der Waals surface area contributed by atoms with Gasteiger partial charge in [-0.3, -0.25) is 18.6 Å². The van der Waals surface area contributed by atoms with Crippen LogP contribution >= 0.6 is 11.8 Å². The number of nitrogens with zero attached hydrogens (tertiary/aromatic N) is 6. The van der Waals surface area contributed by atoms with E-state index in [1.54, 1.807) is 0 Å². The third-order valence-electron chi connectivity index (χ3n) is 6.82. The molecule has 0 bridgehead atoms. The van der Waals surface area contributed by atoms with Crippen LogP contribution in [0.15, 0.2) is 53.7 Å². The summed E-state index contributed by atoms with van der Waals surface area (Å²) in [5, 5.41) is 9.47. The minimum absolute atomic E-state index is 0.0622. The molecular weight excluding hydrogens is 448 g/mol. The Bertz CT molecular complexity index is 1400. The second-order valence-corrected chi connectivity index (χ2v) is 9.96. The maximum atomic E-state index is 13.2. The Labute approximate surface area is 201 Å². The maximum Gasteiger partial charge on any atom is 0.242 e. The summed E-state index contributed by atoms with van der Waals surface area (Å²) in [7, 11) is 0. The van der Waals surface area contributed by atoms with Gasteiger partial charge in [0, 0.05) is 24.8 Å². The number of para-hydroxylation sites is 3. The fourth-order valence-corrected chi connectivity index (χ4v) is 6.03. The van der Waals surface area contributed by atoms with E-state index in [9.17, 15) is 9.59 Å². The van der Waals surface area contributed by atoms with Gasteiger partial charge in [0.1, 0.15) is 6.54 Å². The van der Waals surface area contributed by atoms with Crippen LogP contribution in [0.5, 0.6) is 0 Å². The van der Waals surface area contributed by atoms with Crippen LogP contribution in [0.1, 0.15) is 25.3 Å². The lowest BCUT2D eigenvalue weighted by molar-refractivity contribution is -0.130. The lowest BCUT2D eigenvalue weighted by atomic mass is 10.1. The number of hydrogen-bond acceptors (Lipinski definition) is 5. The zero-order chi connectivity index (χ0) is 23.2. The molecule has 8 nitrogen and oxygen atoms in total. The van der Waals surface area contributed by atoms with E-state index in [2.05, 4.69) is 23.2 Å². The van der Waals surface area contributed by atoms with Gasteiger partial charge in [0.05, 0.1) is 16.8 Å². The van der Waals surface area contributed by atoms with E-state index in [4.69, 9.17) is 0 Å². The first-order valence-corrected chi connectivity index (χ1v) is 12.7. The zero-order valence-electron chi connectivity index (χ0n) is 19.1. The molecule has 9 heteroatoms. The summed E-state index contributed by atoms with van der Waals surface area (Å²) in [6.07, 6.45) is 3.00. The van der Waals surface area contributed by atoms with Crippen molar-refractivity contribution in [2.24, 2.45) is 0 Å². The fraction of sp³-hybridized carbons (Fsp3) is 0.360. The Morgan fingerprint density at radius 2 is 1.71 bits per heavy atom. The van der Waals surface area contributed by atoms with Crippen molar-refractivity contribution in [1.82, 2.24) is 24.1 Å². The lowest BCUT2D eigenvalue weighted by Crippen LogP contribution is -2.37. The monoisotopic (exact) mass is 474 g/mol. The number of carbonyl (C=O) groups is 2. The molecule has 0 unspecified atom stereocenters. The van der Waals surface area contributed by atoms with E-state index in [1.807, 2.05) is 61.2 Å². The van der Waals surface area contributed by atoms with Crippen LogP contribution in [-0.4, -0.2) is 60.8 Å². The van der Waals surface area contributed by atoms with Crippen molar-refractivity contribution >= 4 is 46.1 Å². The first kappa shape index (κ1) is 21.2. The molecule has 0 spiro atoms. The average Bonchev–Trinajstić information content (AvgIpc) is 3.62. The Balaban J connectivity index is 1.28. The van der Waals surface area contributed by atoms with Crippen LogP contribution < -0.4 is 4.90 Å². The number of thioether (sulfide) groups is 1. The van der Waals surface area contributed by atoms with Crippen LogP contribution in [0.2, 0.25) is 0 Å². The van der Waals surface area contributed by atoms with Gasteiger partial charge >= 0.3 is 0 Å². The van der Waals surface area contributed by atoms with Crippen molar-refractivity contribution in [2.75, 3.05) is 23.7 Å². The minimum atomic E-state index is 0.0622. The largest absolute Gasteiger partial charge is 0.341 e. The molecular formula is C25H26N6O2S. The number of aromatic nitrogens is 4. The van der Waals surface area contributed by atoms with Crippen molar-refractivity contribution in [1.29, 1.82) is 0 Å². The highest BCUT2D eigenvalue weighted by molar-refractivity contribution is 7.99. The molecule has 1 atom stereocenters. The molecule has 2 aromatic carbocycles. The Kier molecular flexibility index (Phi) is 5.28. The van der Waals surface area contributed by atoms with Gasteiger partial charge in [-0.15, -0.1) is 10.2 Å². The van der Waals surface area contributed by atoms with Gasteiger partial charge in [-0.2, -0.15) is 0 Å². The fourth-order valence-electron chi connectivity index (χ4n) is 5.23. The molecule has 4 heterocycles. The maximum absolute atomic E-state index is 13.2. The predicted molar refractivity (Wildman–Crippen MR) is 132 cm³/mol. The van der Waals surface area contributed by atoms with Gasteiger partial charge in [-0.25, -0.2) is 0 Å². The number of hydrogen-bond donors (Lipinski definition) is 0. The van der Waals surface area contributed by atoms with Crippen molar-refractivity contribution in [2.45, 2.75) is 43.9 Å². The molecule has 0 radical (unpaired) electrons. The molecule has 174 valence electrons. The van der Waals surface area contributed by atoms with E-state index in [0.29, 0.717) is 10.9 Å². The van der Waals surface area contributed by atoms with E-state index in [0.717, 1.165) is 49.1 Å². The molecule has 1 fully saturated rings.